The molecule has 4 heterocycles. The van der Waals surface area contributed by atoms with Crippen LogP contribution in [0.15, 0.2) is 47.4 Å². The molecule has 148 valence electrons. The lowest BCUT2D eigenvalue weighted by molar-refractivity contribution is 0.122. The normalized spacial score (nSPS) is 14.5. The summed E-state index contributed by atoms with van der Waals surface area (Å²) in [6.07, 6.45) is 3.65. The average molecular weight is 409 g/mol. The molecule has 0 radical (unpaired) electrons. The molecule has 4 aromatic rings. The van der Waals surface area contributed by atoms with Crippen LogP contribution in [0.2, 0.25) is 0 Å². The number of aromatic nitrogens is 2. The van der Waals surface area contributed by atoms with Crippen LogP contribution in [0.4, 0.5) is 10.1 Å². The predicted molar refractivity (Wildman–Crippen MR) is 114 cm³/mol. The van der Waals surface area contributed by atoms with Gasteiger partial charge in [-0.25, -0.2) is 9.37 Å². The monoisotopic (exact) mass is 409 g/mol. The van der Waals surface area contributed by atoms with Crippen molar-refractivity contribution in [1.29, 1.82) is 0 Å². The second-order valence-corrected chi connectivity index (χ2v) is 7.72. The van der Waals surface area contributed by atoms with Gasteiger partial charge in [-0.1, -0.05) is 0 Å². The highest BCUT2D eigenvalue weighted by molar-refractivity contribution is 7.08. The topological polar surface area (TPSA) is 50.4 Å². The van der Waals surface area contributed by atoms with Gasteiger partial charge >= 0.3 is 0 Å². The number of ether oxygens (including phenoxy) is 2. The molecule has 1 aliphatic rings. The molecule has 0 saturated carbocycles. The minimum atomic E-state index is -0.369. The molecule has 0 atom stereocenters. The van der Waals surface area contributed by atoms with Crippen molar-refractivity contribution in [1.82, 2.24) is 9.97 Å². The minimum Gasteiger partial charge on any atom is -0.494 e. The number of methoxy groups -OCH3 is 1. The van der Waals surface area contributed by atoms with Gasteiger partial charge in [-0.3, -0.25) is 0 Å². The first-order valence-electron chi connectivity index (χ1n) is 9.45. The number of benzene rings is 1. The van der Waals surface area contributed by atoms with Crippen LogP contribution in [-0.4, -0.2) is 43.4 Å². The second kappa shape index (κ2) is 7.50. The third-order valence-electron chi connectivity index (χ3n) is 5.30. The molecule has 0 amide bonds. The fourth-order valence-corrected chi connectivity index (χ4v) is 4.41. The molecule has 1 N–H and O–H groups in total. The Morgan fingerprint density at radius 2 is 2.03 bits per heavy atom. The van der Waals surface area contributed by atoms with Crippen molar-refractivity contribution < 1.29 is 13.9 Å². The summed E-state index contributed by atoms with van der Waals surface area (Å²) in [6, 6.07) is 7.77. The predicted octanol–water partition coefficient (Wildman–Crippen LogP) is 4.94. The van der Waals surface area contributed by atoms with Crippen molar-refractivity contribution in [2.45, 2.75) is 0 Å². The zero-order chi connectivity index (χ0) is 19.8. The summed E-state index contributed by atoms with van der Waals surface area (Å²) in [5, 5.41) is 5.00. The summed E-state index contributed by atoms with van der Waals surface area (Å²) in [5.41, 5.74) is 5.05. The van der Waals surface area contributed by atoms with Gasteiger partial charge in [0.25, 0.3) is 0 Å². The number of nitrogens with zero attached hydrogens (tertiary/aromatic N) is 2. The van der Waals surface area contributed by atoms with E-state index in [0.717, 1.165) is 46.5 Å². The molecule has 0 spiro atoms. The molecular formula is C22H20FN3O2S. The van der Waals surface area contributed by atoms with Crippen molar-refractivity contribution in [2.24, 2.45) is 0 Å². The van der Waals surface area contributed by atoms with Crippen LogP contribution in [0, 0.1) is 5.82 Å². The van der Waals surface area contributed by atoms with E-state index in [0.29, 0.717) is 18.8 Å². The molecule has 1 aliphatic heterocycles. The molecule has 29 heavy (non-hydrogen) atoms. The quantitative estimate of drug-likeness (QED) is 0.519. The molecule has 0 unspecified atom stereocenters. The Morgan fingerprint density at radius 1 is 1.17 bits per heavy atom. The highest BCUT2D eigenvalue weighted by Crippen LogP contribution is 2.38. The van der Waals surface area contributed by atoms with E-state index in [4.69, 9.17) is 9.47 Å². The molecule has 3 aromatic heterocycles. The van der Waals surface area contributed by atoms with E-state index in [1.807, 2.05) is 23.8 Å². The number of thiophene rings is 1. The number of anilines is 1. The van der Waals surface area contributed by atoms with Gasteiger partial charge in [-0.2, -0.15) is 11.3 Å². The lowest BCUT2D eigenvalue weighted by Gasteiger charge is -2.29. The summed E-state index contributed by atoms with van der Waals surface area (Å²) in [4.78, 5) is 9.90. The van der Waals surface area contributed by atoms with Gasteiger partial charge in [0.1, 0.15) is 5.65 Å². The van der Waals surface area contributed by atoms with Crippen molar-refractivity contribution in [3.63, 3.8) is 0 Å². The number of rotatable bonds is 4. The van der Waals surface area contributed by atoms with Gasteiger partial charge < -0.3 is 19.4 Å². The molecule has 1 saturated heterocycles. The Morgan fingerprint density at radius 3 is 2.79 bits per heavy atom. The van der Waals surface area contributed by atoms with Crippen LogP contribution >= 0.6 is 11.3 Å². The maximum atomic E-state index is 15.3. The first-order chi connectivity index (χ1) is 14.2. The van der Waals surface area contributed by atoms with Gasteiger partial charge in [0.2, 0.25) is 0 Å². The summed E-state index contributed by atoms with van der Waals surface area (Å²) in [5.74, 6) is -0.133. The maximum Gasteiger partial charge on any atom is 0.173 e. The molecule has 7 heteroatoms. The second-order valence-electron chi connectivity index (χ2n) is 6.94. The van der Waals surface area contributed by atoms with Crippen molar-refractivity contribution in [3.05, 3.63) is 53.2 Å². The molecule has 1 aromatic carbocycles. The Bertz CT molecular complexity index is 1150. The molecule has 5 nitrogen and oxygen atoms in total. The molecule has 0 aliphatic carbocycles. The van der Waals surface area contributed by atoms with E-state index in [1.54, 1.807) is 17.4 Å². The lowest BCUT2D eigenvalue weighted by Crippen LogP contribution is -2.36. The SMILES string of the molecule is COc1cc(N2CCOCC2)cc(-c2c[nH]c3ncc(-c4ccsc4)cc23)c1F. The number of fused-ring (bicyclic) bond motifs is 1. The number of pyridine rings is 1. The third kappa shape index (κ3) is 3.26. The maximum absolute atomic E-state index is 15.3. The summed E-state index contributed by atoms with van der Waals surface area (Å²) in [7, 11) is 1.50. The summed E-state index contributed by atoms with van der Waals surface area (Å²) in [6.45, 7) is 2.87. The number of halogens is 1. The number of hydrogen-bond donors (Lipinski definition) is 1. The van der Waals surface area contributed by atoms with Gasteiger partial charge in [0.05, 0.1) is 20.3 Å². The molecule has 0 bridgehead atoms. The third-order valence-corrected chi connectivity index (χ3v) is 5.98. The van der Waals surface area contributed by atoms with E-state index in [2.05, 4.69) is 32.4 Å². The highest BCUT2D eigenvalue weighted by Gasteiger charge is 2.20. The Kier molecular flexibility index (Phi) is 4.69. The van der Waals surface area contributed by atoms with Gasteiger partial charge in [0.15, 0.2) is 11.6 Å². The van der Waals surface area contributed by atoms with Crippen molar-refractivity contribution in [2.75, 3.05) is 38.3 Å². The lowest BCUT2D eigenvalue weighted by atomic mass is 10.0. The van der Waals surface area contributed by atoms with Crippen LogP contribution in [0.25, 0.3) is 33.3 Å². The minimum absolute atomic E-state index is 0.236. The Balaban J connectivity index is 1.66. The fourth-order valence-electron chi connectivity index (χ4n) is 3.74. The van der Waals surface area contributed by atoms with E-state index in [1.165, 1.54) is 7.11 Å². The van der Waals surface area contributed by atoms with Gasteiger partial charge in [-0.05, 0) is 34.5 Å². The Labute approximate surface area is 171 Å². The first kappa shape index (κ1) is 18.1. The van der Waals surface area contributed by atoms with E-state index < -0.39 is 0 Å². The number of morpholine rings is 1. The largest absolute Gasteiger partial charge is 0.494 e. The number of H-pyrrole nitrogens is 1. The number of hydrogen-bond acceptors (Lipinski definition) is 5. The van der Waals surface area contributed by atoms with Crippen molar-refractivity contribution in [3.8, 4) is 28.0 Å². The average Bonchev–Trinajstić information content (AvgIpc) is 3.44. The smallest absolute Gasteiger partial charge is 0.173 e. The number of aromatic amines is 1. The molecule has 5 rings (SSSR count). The number of nitrogens with one attached hydrogen (secondary N) is 1. The summed E-state index contributed by atoms with van der Waals surface area (Å²) >= 11 is 1.64. The zero-order valence-electron chi connectivity index (χ0n) is 15.9. The van der Waals surface area contributed by atoms with E-state index in [9.17, 15) is 0 Å². The van der Waals surface area contributed by atoms with E-state index in [-0.39, 0.29) is 11.6 Å². The van der Waals surface area contributed by atoms with Crippen LogP contribution in [0.3, 0.4) is 0 Å². The molecular weight excluding hydrogens is 389 g/mol. The molecule has 1 fully saturated rings. The van der Waals surface area contributed by atoms with E-state index >= 15 is 4.39 Å². The summed E-state index contributed by atoms with van der Waals surface area (Å²) < 4.78 is 26.1. The van der Waals surface area contributed by atoms with Crippen molar-refractivity contribution >= 4 is 28.1 Å². The van der Waals surface area contributed by atoms with Crippen LogP contribution in [0.5, 0.6) is 5.75 Å². The van der Waals surface area contributed by atoms with Crippen LogP contribution in [-0.2, 0) is 4.74 Å². The van der Waals surface area contributed by atoms with Crippen LogP contribution < -0.4 is 9.64 Å². The highest BCUT2D eigenvalue weighted by atomic mass is 32.1. The standard InChI is InChI=1S/C22H20FN3O2S/c1-27-20-10-16(26-3-5-28-6-4-26)9-17(21(20)23)19-12-25-22-18(19)8-15(11-24-22)14-2-7-29-13-14/h2,7-13H,3-6H2,1H3,(H,24,25). The zero-order valence-corrected chi connectivity index (χ0v) is 16.8. The van der Waals surface area contributed by atoms with Gasteiger partial charge in [0, 0.05) is 59.3 Å². The fraction of sp³-hybridized carbons (Fsp3) is 0.227. The van der Waals surface area contributed by atoms with Crippen LogP contribution in [0.1, 0.15) is 0 Å². The van der Waals surface area contributed by atoms with Gasteiger partial charge in [-0.15, -0.1) is 0 Å². The Hall–Kier alpha value is -2.90. The first-order valence-corrected chi connectivity index (χ1v) is 10.4.